The Kier molecular flexibility index (Phi) is 10.3. The number of aromatic amines is 1. The van der Waals surface area contributed by atoms with Crippen molar-refractivity contribution in [2.75, 3.05) is 46.6 Å². The Morgan fingerprint density at radius 1 is 1.00 bits per heavy atom. The number of ketones is 1. The summed E-state index contributed by atoms with van der Waals surface area (Å²) in [7, 11) is 1.60. The van der Waals surface area contributed by atoms with Gasteiger partial charge in [-0.2, -0.15) is 0 Å². The van der Waals surface area contributed by atoms with Crippen LogP contribution in [0.2, 0.25) is 0 Å². The lowest BCUT2D eigenvalue weighted by Crippen LogP contribution is -2.41. The Hall–Kier alpha value is -4.67. The normalized spacial score (nSPS) is 14.5. The molecule has 1 aliphatic heterocycles. The largest absolute Gasteiger partial charge is 0.496 e. The number of fused-ring (bicyclic) bond motifs is 1. The van der Waals surface area contributed by atoms with Crippen molar-refractivity contribution in [3.63, 3.8) is 0 Å². The van der Waals surface area contributed by atoms with E-state index in [9.17, 15) is 14.4 Å². The lowest BCUT2D eigenvalue weighted by atomic mass is 9.90. The summed E-state index contributed by atoms with van der Waals surface area (Å²) in [6.07, 6.45) is 2.54. The molecule has 1 aliphatic rings. The second-order valence-corrected chi connectivity index (χ2v) is 10.7. The summed E-state index contributed by atoms with van der Waals surface area (Å²) in [4.78, 5) is 44.2. The van der Waals surface area contributed by atoms with Gasteiger partial charge in [0.15, 0.2) is 5.78 Å². The van der Waals surface area contributed by atoms with Crippen LogP contribution >= 0.6 is 0 Å². The van der Waals surface area contributed by atoms with Crippen LogP contribution in [-0.2, 0) is 20.7 Å². The number of H-pyrrole nitrogens is 1. The van der Waals surface area contributed by atoms with Crippen LogP contribution in [0, 0.1) is 5.92 Å². The number of aromatic nitrogens is 1. The Morgan fingerprint density at radius 2 is 1.73 bits per heavy atom. The van der Waals surface area contributed by atoms with Crippen molar-refractivity contribution in [3.8, 4) is 11.5 Å². The number of nitrogens with one attached hydrogen (secondary N) is 2. The number of rotatable bonds is 13. The van der Waals surface area contributed by atoms with Crippen molar-refractivity contribution in [2.24, 2.45) is 11.7 Å². The average molecular weight is 599 g/mol. The molecular weight excluding hydrogens is 560 g/mol. The molecule has 0 aliphatic carbocycles. The maximum atomic E-state index is 13.6. The molecule has 2 atom stereocenters. The summed E-state index contributed by atoms with van der Waals surface area (Å²) in [5.74, 6) is -0.0706. The number of Topliss-reactive ketones (excluding diaryl/α,β-unsaturated/α-hetero) is 1. The third-order valence-electron chi connectivity index (χ3n) is 7.94. The second kappa shape index (κ2) is 14.7. The van der Waals surface area contributed by atoms with E-state index in [0.29, 0.717) is 44.0 Å². The van der Waals surface area contributed by atoms with Gasteiger partial charge in [-0.15, -0.1) is 0 Å². The zero-order valence-electron chi connectivity index (χ0n) is 24.8. The Morgan fingerprint density at radius 3 is 2.50 bits per heavy atom. The standard InChI is InChI=1S/C34H38N4O6/c1-42-31-9-5-2-6-23(31)12-15-32(40)37-21-28(33(35)27-20-36-29-8-4-3-7-26(27)29)30(39)22-44-25-13-10-24(11-14-25)34(41)38-16-18-43-19-17-38/h2-11,13-14,20,28,33,36H,12,15-19,21-22,35H2,1H3,(H,37,40). The number of hydrogen-bond donors (Lipinski definition) is 3. The van der Waals surface area contributed by atoms with E-state index in [4.69, 9.17) is 19.9 Å². The van der Waals surface area contributed by atoms with Gasteiger partial charge in [0.25, 0.3) is 5.91 Å². The number of carbonyl (C=O) groups excluding carboxylic acids is 3. The van der Waals surface area contributed by atoms with Crippen LogP contribution in [0.25, 0.3) is 10.9 Å². The lowest BCUT2D eigenvalue weighted by Gasteiger charge is -2.26. The molecule has 0 bridgehead atoms. The quantitative estimate of drug-likeness (QED) is 0.214. The van der Waals surface area contributed by atoms with Gasteiger partial charge in [-0.1, -0.05) is 36.4 Å². The number of aryl methyl sites for hydroxylation is 1. The summed E-state index contributed by atoms with van der Waals surface area (Å²) < 4.78 is 16.6. The van der Waals surface area contributed by atoms with Crippen LogP contribution in [0.1, 0.15) is 33.9 Å². The molecule has 0 spiro atoms. The summed E-state index contributed by atoms with van der Waals surface area (Å²) in [6.45, 7) is 1.98. The third-order valence-corrected chi connectivity index (χ3v) is 7.94. The van der Waals surface area contributed by atoms with Crippen LogP contribution in [0.4, 0.5) is 0 Å². The van der Waals surface area contributed by atoms with Gasteiger partial charge in [-0.05, 0) is 53.9 Å². The molecule has 2 unspecified atom stereocenters. The number of carbonyl (C=O) groups is 3. The molecule has 2 amide bonds. The zero-order valence-corrected chi connectivity index (χ0v) is 24.8. The van der Waals surface area contributed by atoms with Gasteiger partial charge in [0.2, 0.25) is 5.91 Å². The van der Waals surface area contributed by atoms with Gasteiger partial charge < -0.3 is 35.1 Å². The minimum Gasteiger partial charge on any atom is -0.496 e. The maximum Gasteiger partial charge on any atom is 0.254 e. The van der Waals surface area contributed by atoms with E-state index in [2.05, 4.69) is 10.3 Å². The highest BCUT2D eigenvalue weighted by Crippen LogP contribution is 2.28. The molecule has 1 fully saturated rings. The number of nitrogens with two attached hydrogens (primary N) is 1. The Bertz CT molecular complexity index is 1580. The maximum absolute atomic E-state index is 13.6. The Balaban J connectivity index is 1.24. The first kappa shape index (κ1) is 30.8. The first-order chi connectivity index (χ1) is 21.4. The van der Waals surface area contributed by atoms with Crippen LogP contribution in [0.3, 0.4) is 0 Å². The number of benzene rings is 3. The van der Waals surface area contributed by atoms with E-state index in [1.54, 1.807) is 36.3 Å². The average Bonchev–Trinajstić information content (AvgIpc) is 3.51. The second-order valence-electron chi connectivity index (χ2n) is 10.7. The topological polar surface area (TPSA) is 136 Å². The summed E-state index contributed by atoms with van der Waals surface area (Å²) in [5, 5.41) is 3.83. The predicted octanol–water partition coefficient (Wildman–Crippen LogP) is 3.66. The molecule has 10 heteroatoms. The van der Waals surface area contributed by atoms with Gasteiger partial charge in [-0.25, -0.2) is 0 Å². The van der Waals surface area contributed by atoms with E-state index in [-0.39, 0.29) is 37.2 Å². The Labute approximate surface area is 256 Å². The molecule has 230 valence electrons. The van der Waals surface area contributed by atoms with Gasteiger partial charge >= 0.3 is 0 Å². The molecule has 1 aromatic heterocycles. The molecule has 5 rings (SSSR count). The number of para-hydroxylation sites is 2. The first-order valence-electron chi connectivity index (χ1n) is 14.8. The summed E-state index contributed by atoms with van der Waals surface area (Å²) >= 11 is 0. The van der Waals surface area contributed by atoms with Crippen LogP contribution in [0.15, 0.2) is 79.0 Å². The van der Waals surface area contributed by atoms with Gasteiger partial charge in [-0.3, -0.25) is 14.4 Å². The van der Waals surface area contributed by atoms with Crippen LogP contribution < -0.4 is 20.5 Å². The molecule has 4 aromatic rings. The highest BCUT2D eigenvalue weighted by atomic mass is 16.5. The molecule has 10 nitrogen and oxygen atoms in total. The van der Waals surface area contributed by atoms with E-state index in [1.165, 1.54) is 0 Å². The van der Waals surface area contributed by atoms with E-state index in [0.717, 1.165) is 27.8 Å². The van der Waals surface area contributed by atoms with Gasteiger partial charge in [0, 0.05) is 54.8 Å². The highest BCUT2D eigenvalue weighted by Gasteiger charge is 2.29. The van der Waals surface area contributed by atoms with Crippen molar-refractivity contribution in [3.05, 3.63) is 95.7 Å². The smallest absolute Gasteiger partial charge is 0.254 e. The van der Waals surface area contributed by atoms with Gasteiger partial charge in [0.05, 0.1) is 26.2 Å². The molecule has 0 radical (unpaired) electrons. The van der Waals surface area contributed by atoms with E-state index < -0.39 is 12.0 Å². The molecule has 1 saturated heterocycles. The number of ether oxygens (including phenoxy) is 3. The number of nitrogens with zero attached hydrogens (tertiary/aromatic N) is 1. The minimum atomic E-state index is -0.744. The predicted molar refractivity (Wildman–Crippen MR) is 167 cm³/mol. The molecular formula is C34H38N4O6. The van der Waals surface area contributed by atoms with Crippen molar-refractivity contribution in [2.45, 2.75) is 18.9 Å². The SMILES string of the molecule is COc1ccccc1CCC(=O)NCC(C(=O)COc1ccc(C(=O)N2CCOCC2)cc1)C(N)c1c[nH]c2ccccc12. The fourth-order valence-electron chi connectivity index (χ4n) is 5.40. The fourth-order valence-corrected chi connectivity index (χ4v) is 5.40. The number of methoxy groups -OCH3 is 1. The summed E-state index contributed by atoms with van der Waals surface area (Å²) in [5.41, 5.74) is 9.89. The number of hydrogen-bond acceptors (Lipinski definition) is 7. The molecule has 2 heterocycles. The first-order valence-corrected chi connectivity index (χ1v) is 14.8. The monoisotopic (exact) mass is 598 g/mol. The molecule has 3 aromatic carbocycles. The molecule has 4 N–H and O–H groups in total. The van der Waals surface area contributed by atoms with E-state index in [1.807, 2.05) is 54.7 Å². The van der Waals surface area contributed by atoms with Crippen LogP contribution in [0.5, 0.6) is 11.5 Å². The van der Waals surface area contributed by atoms with Crippen molar-refractivity contribution >= 4 is 28.5 Å². The van der Waals surface area contributed by atoms with Crippen molar-refractivity contribution in [1.82, 2.24) is 15.2 Å². The number of morpholine rings is 1. The minimum absolute atomic E-state index is 0.0562. The molecule has 44 heavy (non-hydrogen) atoms. The van der Waals surface area contributed by atoms with Crippen molar-refractivity contribution < 1.29 is 28.6 Å². The van der Waals surface area contributed by atoms with Crippen molar-refractivity contribution in [1.29, 1.82) is 0 Å². The zero-order chi connectivity index (χ0) is 30.9. The summed E-state index contributed by atoms with van der Waals surface area (Å²) in [6, 6.07) is 21.3. The lowest BCUT2D eigenvalue weighted by molar-refractivity contribution is -0.126. The highest BCUT2D eigenvalue weighted by molar-refractivity contribution is 5.94. The van der Waals surface area contributed by atoms with Gasteiger partial charge in [0.1, 0.15) is 18.1 Å². The third kappa shape index (κ3) is 7.45. The fraction of sp³-hybridized carbons (Fsp3) is 0.324. The molecule has 0 saturated carbocycles. The van der Waals surface area contributed by atoms with E-state index >= 15 is 0 Å². The number of amides is 2. The van der Waals surface area contributed by atoms with Crippen LogP contribution in [-0.4, -0.2) is 74.0 Å².